The molecule has 3 rings (SSSR count). The quantitative estimate of drug-likeness (QED) is 0.490. The van der Waals surface area contributed by atoms with Crippen molar-refractivity contribution in [2.45, 2.75) is 17.5 Å². The molecule has 1 atom stereocenters. The van der Waals surface area contributed by atoms with E-state index in [9.17, 15) is 0 Å². The molecule has 0 aliphatic carbocycles. The summed E-state index contributed by atoms with van der Waals surface area (Å²) in [7, 11) is 1.76. The van der Waals surface area contributed by atoms with Crippen molar-refractivity contribution in [2.24, 2.45) is 4.99 Å². The topological polar surface area (TPSA) is 54.9 Å². The van der Waals surface area contributed by atoms with Gasteiger partial charge in [-0.05, 0) is 36.1 Å². The molecule has 0 radical (unpaired) electrons. The van der Waals surface area contributed by atoms with Crippen molar-refractivity contribution in [2.75, 3.05) is 26.5 Å². The maximum absolute atomic E-state index is 5.94. The van der Waals surface area contributed by atoms with E-state index in [0.717, 1.165) is 24.0 Å². The molecule has 0 saturated carbocycles. The van der Waals surface area contributed by atoms with Gasteiger partial charge in [0, 0.05) is 18.5 Å². The average molecular weight is 357 g/mol. The Bertz CT molecular complexity index is 719. The smallest absolute Gasteiger partial charge is 0.191 e. The molecule has 0 aromatic heterocycles. The monoisotopic (exact) mass is 357 g/mol. The molecule has 0 amide bonds. The molecule has 25 heavy (non-hydrogen) atoms. The van der Waals surface area contributed by atoms with Crippen molar-refractivity contribution in [1.82, 2.24) is 10.6 Å². The van der Waals surface area contributed by atoms with Crippen molar-refractivity contribution in [3.05, 3.63) is 54.1 Å². The zero-order chi connectivity index (χ0) is 17.5. The number of hydrogen-bond donors (Lipinski definition) is 2. The van der Waals surface area contributed by atoms with Crippen molar-refractivity contribution >= 4 is 17.7 Å². The van der Waals surface area contributed by atoms with E-state index in [4.69, 9.17) is 9.47 Å². The van der Waals surface area contributed by atoms with Gasteiger partial charge in [0.2, 0.25) is 0 Å². The second-order valence-electron chi connectivity index (χ2n) is 5.65. The number of hydrogen-bond acceptors (Lipinski definition) is 4. The number of thioether (sulfide) groups is 1. The first kappa shape index (κ1) is 17.5. The Morgan fingerprint density at radius 3 is 2.60 bits per heavy atom. The third-order valence-electron chi connectivity index (χ3n) is 3.91. The Morgan fingerprint density at radius 2 is 1.88 bits per heavy atom. The van der Waals surface area contributed by atoms with Crippen LogP contribution in [0.5, 0.6) is 11.5 Å². The molecule has 1 aliphatic heterocycles. The predicted molar refractivity (Wildman–Crippen MR) is 103 cm³/mol. The van der Waals surface area contributed by atoms with Crippen LogP contribution < -0.4 is 20.1 Å². The average Bonchev–Trinajstić information content (AvgIpc) is 2.68. The van der Waals surface area contributed by atoms with Gasteiger partial charge in [-0.15, -0.1) is 11.8 Å². The Kier molecular flexibility index (Phi) is 6.06. The summed E-state index contributed by atoms with van der Waals surface area (Å²) >= 11 is 1.74. The highest BCUT2D eigenvalue weighted by Gasteiger charge is 2.20. The van der Waals surface area contributed by atoms with Crippen LogP contribution in [0.15, 0.2) is 58.4 Å². The summed E-state index contributed by atoms with van der Waals surface area (Å²) in [5.41, 5.74) is 1.21. The maximum Gasteiger partial charge on any atom is 0.191 e. The Morgan fingerprint density at radius 1 is 1.12 bits per heavy atom. The second kappa shape index (κ2) is 8.67. The van der Waals surface area contributed by atoms with Gasteiger partial charge in [-0.25, -0.2) is 0 Å². The van der Waals surface area contributed by atoms with Crippen molar-refractivity contribution in [3.8, 4) is 11.5 Å². The minimum atomic E-state index is -0.0469. The minimum Gasteiger partial charge on any atom is -0.486 e. The van der Waals surface area contributed by atoms with Crippen molar-refractivity contribution < 1.29 is 9.47 Å². The number of nitrogens with zero attached hydrogens (tertiary/aromatic N) is 1. The van der Waals surface area contributed by atoms with Crippen molar-refractivity contribution in [1.29, 1.82) is 0 Å². The third-order valence-corrected chi connectivity index (χ3v) is 4.65. The van der Waals surface area contributed by atoms with Gasteiger partial charge < -0.3 is 20.1 Å². The summed E-state index contributed by atoms with van der Waals surface area (Å²) in [6.07, 6.45) is 2.03. The van der Waals surface area contributed by atoms with E-state index in [-0.39, 0.29) is 6.10 Å². The zero-order valence-electron chi connectivity index (χ0n) is 14.5. The van der Waals surface area contributed by atoms with Crippen LogP contribution >= 0.6 is 11.8 Å². The highest BCUT2D eigenvalue weighted by molar-refractivity contribution is 7.98. The minimum absolute atomic E-state index is 0.0469. The molecule has 2 aromatic carbocycles. The lowest BCUT2D eigenvalue weighted by molar-refractivity contribution is 0.0936. The third kappa shape index (κ3) is 4.82. The van der Waals surface area contributed by atoms with Gasteiger partial charge in [0.05, 0.1) is 6.54 Å². The van der Waals surface area contributed by atoms with E-state index in [1.54, 1.807) is 18.8 Å². The number of benzene rings is 2. The molecule has 1 unspecified atom stereocenters. The molecule has 0 bridgehead atoms. The maximum atomic E-state index is 5.94. The van der Waals surface area contributed by atoms with Crippen LogP contribution in [0.1, 0.15) is 5.56 Å². The standard InChI is InChI=1S/C19H23N3O2S/c1-20-19(21-11-14-7-9-16(25-2)10-8-14)22-12-15-13-23-17-5-3-4-6-18(17)24-15/h3-10,15H,11-13H2,1-2H3,(H2,20,21,22). The highest BCUT2D eigenvalue weighted by Crippen LogP contribution is 2.30. The molecular weight excluding hydrogens is 334 g/mol. The summed E-state index contributed by atoms with van der Waals surface area (Å²) < 4.78 is 11.7. The molecule has 1 heterocycles. The normalized spacial score (nSPS) is 16.4. The number of rotatable bonds is 5. The summed E-state index contributed by atoms with van der Waals surface area (Å²) in [5, 5.41) is 6.61. The molecule has 6 heteroatoms. The first-order valence-corrected chi connectivity index (χ1v) is 9.47. The number of ether oxygens (including phenoxy) is 2. The van der Waals surface area contributed by atoms with Crippen LogP contribution in [0.2, 0.25) is 0 Å². The zero-order valence-corrected chi connectivity index (χ0v) is 15.3. The van der Waals surface area contributed by atoms with E-state index in [0.29, 0.717) is 13.2 Å². The Balaban J connectivity index is 1.46. The Hall–Kier alpha value is -2.34. The fourth-order valence-corrected chi connectivity index (χ4v) is 2.93. The molecule has 0 fully saturated rings. The first-order valence-electron chi connectivity index (χ1n) is 8.24. The number of aliphatic imine (C=N–C) groups is 1. The van der Waals surface area contributed by atoms with Crippen LogP contribution in [0.3, 0.4) is 0 Å². The van der Waals surface area contributed by atoms with E-state index in [1.165, 1.54) is 10.5 Å². The lowest BCUT2D eigenvalue weighted by Crippen LogP contribution is -2.45. The molecule has 0 spiro atoms. The number of para-hydroxylation sites is 2. The van der Waals surface area contributed by atoms with E-state index in [1.807, 2.05) is 24.3 Å². The number of fused-ring (bicyclic) bond motifs is 1. The Labute approximate surface area is 152 Å². The van der Waals surface area contributed by atoms with E-state index >= 15 is 0 Å². The fraction of sp³-hybridized carbons (Fsp3) is 0.316. The van der Waals surface area contributed by atoms with E-state index < -0.39 is 0 Å². The lowest BCUT2D eigenvalue weighted by atomic mass is 10.2. The van der Waals surface area contributed by atoms with E-state index in [2.05, 4.69) is 46.1 Å². The summed E-state index contributed by atoms with van der Waals surface area (Å²) in [6, 6.07) is 16.2. The molecule has 1 aliphatic rings. The van der Waals surface area contributed by atoms with Crippen LogP contribution in [0, 0.1) is 0 Å². The van der Waals surface area contributed by atoms with Gasteiger partial charge in [-0.3, -0.25) is 4.99 Å². The molecule has 132 valence electrons. The fourth-order valence-electron chi connectivity index (χ4n) is 2.52. The number of guanidine groups is 1. The molecule has 2 N–H and O–H groups in total. The van der Waals surface area contributed by atoms with Crippen LogP contribution in [-0.2, 0) is 6.54 Å². The molecular formula is C19H23N3O2S. The van der Waals surface area contributed by atoms with Gasteiger partial charge in [0.1, 0.15) is 12.7 Å². The number of nitrogens with one attached hydrogen (secondary N) is 2. The van der Waals surface area contributed by atoms with Gasteiger partial charge in [-0.2, -0.15) is 0 Å². The van der Waals surface area contributed by atoms with Gasteiger partial charge in [0.15, 0.2) is 17.5 Å². The highest BCUT2D eigenvalue weighted by atomic mass is 32.2. The van der Waals surface area contributed by atoms with Crippen LogP contribution in [0.25, 0.3) is 0 Å². The van der Waals surface area contributed by atoms with Gasteiger partial charge >= 0.3 is 0 Å². The largest absolute Gasteiger partial charge is 0.486 e. The lowest BCUT2D eigenvalue weighted by Gasteiger charge is -2.27. The second-order valence-corrected chi connectivity index (χ2v) is 6.53. The summed E-state index contributed by atoms with van der Waals surface area (Å²) in [5.74, 6) is 2.34. The molecule has 2 aromatic rings. The first-order chi connectivity index (χ1) is 12.3. The SMILES string of the molecule is CN=C(NCc1ccc(SC)cc1)NCC1COc2ccccc2O1. The predicted octanol–water partition coefficient (Wildman–Crippen LogP) is 2.91. The molecule has 0 saturated heterocycles. The van der Waals surface area contributed by atoms with Gasteiger partial charge in [0.25, 0.3) is 0 Å². The van der Waals surface area contributed by atoms with Crippen molar-refractivity contribution in [3.63, 3.8) is 0 Å². The summed E-state index contributed by atoms with van der Waals surface area (Å²) in [6.45, 7) is 1.87. The summed E-state index contributed by atoms with van der Waals surface area (Å²) in [4.78, 5) is 5.52. The van der Waals surface area contributed by atoms with Gasteiger partial charge in [-0.1, -0.05) is 24.3 Å². The molecule has 5 nitrogen and oxygen atoms in total. The van der Waals surface area contributed by atoms with Crippen LogP contribution in [0.4, 0.5) is 0 Å². The van der Waals surface area contributed by atoms with Crippen LogP contribution in [-0.4, -0.2) is 38.5 Å².